The van der Waals surface area contributed by atoms with Crippen molar-refractivity contribution in [3.63, 3.8) is 0 Å². The number of ether oxygens (including phenoxy) is 1. The van der Waals surface area contributed by atoms with Gasteiger partial charge in [0.1, 0.15) is 5.82 Å². The first-order valence-electron chi connectivity index (χ1n) is 9.72. The topological polar surface area (TPSA) is 97.5 Å². The zero-order valence-electron chi connectivity index (χ0n) is 16.9. The van der Waals surface area contributed by atoms with Gasteiger partial charge in [0.2, 0.25) is 11.7 Å². The van der Waals surface area contributed by atoms with Crippen LogP contribution in [0.2, 0.25) is 0 Å². The third kappa shape index (κ3) is 5.34. The van der Waals surface area contributed by atoms with Crippen LogP contribution in [0.4, 0.5) is 4.39 Å². The standard InChI is InChI=1S/C22H24FN3O4/c1-14-7-9-17(23)16(12-14)22(28)24-11-5-3-4-6-20-25-21(26-30-20)15-8-10-18(27)19(13-15)29-2/h7-10,12-13,27H,3-6,11H2,1-2H3,(H,24,28). The number of aromatic hydroxyl groups is 1. The molecule has 0 unspecified atom stereocenters. The Hall–Kier alpha value is -3.42. The molecule has 3 aromatic rings. The van der Waals surface area contributed by atoms with Crippen LogP contribution >= 0.6 is 0 Å². The van der Waals surface area contributed by atoms with Gasteiger partial charge in [-0.25, -0.2) is 4.39 Å². The third-order valence-electron chi connectivity index (χ3n) is 4.63. The van der Waals surface area contributed by atoms with E-state index >= 15 is 0 Å². The number of carbonyl (C=O) groups is 1. The van der Waals surface area contributed by atoms with E-state index in [4.69, 9.17) is 9.26 Å². The van der Waals surface area contributed by atoms with Gasteiger partial charge in [-0.2, -0.15) is 4.98 Å². The van der Waals surface area contributed by atoms with Crippen LogP contribution in [0, 0.1) is 12.7 Å². The molecule has 0 saturated heterocycles. The number of rotatable bonds is 9. The Morgan fingerprint density at radius 3 is 2.83 bits per heavy atom. The maximum absolute atomic E-state index is 13.7. The molecule has 0 aliphatic rings. The summed E-state index contributed by atoms with van der Waals surface area (Å²) in [5.41, 5.74) is 1.59. The Bertz CT molecular complexity index is 1020. The van der Waals surface area contributed by atoms with Crippen molar-refractivity contribution in [1.82, 2.24) is 15.5 Å². The van der Waals surface area contributed by atoms with E-state index in [1.54, 1.807) is 24.3 Å². The van der Waals surface area contributed by atoms with Gasteiger partial charge in [0.25, 0.3) is 5.91 Å². The van der Waals surface area contributed by atoms with E-state index in [2.05, 4.69) is 15.5 Å². The summed E-state index contributed by atoms with van der Waals surface area (Å²) in [6.07, 6.45) is 3.04. The molecule has 2 N–H and O–H groups in total. The van der Waals surface area contributed by atoms with Gasteiger partial charge in [0, 0.05) is 18.5 Å². The van der Waals surface area contributed by atoms with Crippen molar-refractivity contribution < 1.29 is 23.6 Å². The molecule has 0 bridgehead atoms. The molecule has 7 nitrogen and oxygen atoms in total. The van der Waals surface area contributed by atoms with Crippen molar-refractivity contribution in [2.75, 3.05) is 13.7 Å². The fourth-order valence-electron chi connectivity index (χ4n) is 2.98. The van der Waals surface area contributed by atoms with E-state index in [1.165, 1.54) is 19.2 Å². The first-order chi connectivity index (χ1) is 14.5. The highest BCUT2D eigenvalue weighted by atomic mass is 19.1. The van der Waals surface area contributed by atoms with Gasteiger partial charge in [-0.1, -0.05) is 23.2 Å². The molecule has 0 fully saturated rings. The first-order valence-corrected chi connectivity index (χ1v) is 9.72. The lowest BCUT2D eigenvalue weighted by Gasteiger charge is -2.06. The van der Waals surface area contributed by atoms with Crippen LogP contribution in [-0.2, 0) is 6.42 Å². The number of carbonyl (C=O) groups excluding carboxylic acids is 1. The second-order valence-corrected chi connectivity index (χ2v) is 6.95. The highest BCUT2D eigenvalue weighted by molar-refractivity contribution is 5.94. The minimum Gasteiger partial charge on any atom is -0.504 e. The largest absolute Gasteiger partial charge is 0.504 e. The number of unbranched alkanes of at least 4 members (excludes halogenated alkanes) is 2. The van der Waals surface area contributed by atoms with Gasteiger partial charge < -0.3 is 19.7 Å². The maximum atomic E-state index is 13.7. The van der Waals surface area contributed by atoms with E-state index in [9.17, 15) is 14.3 Å². The molecule has 0 saturated carbocycles. The van der Waals surface area contributed by atoms with Crippen molar-refractivity contribution in [2.24, 2.45) is 0 Å². The predicted molar refractivity (Wildman–Crippen MR) is 109 cm³/mol. The average Bonchev–Trinajstić information content (AvgIpc) is 3.21. The number of halogens is 1. The molecule has 1 amide bonds. The fraction of sp³-hybridized carbons (Fsp3) is 0.318. The molecule has 1 heterocycles. The van der Waals surface area contributed by atoms with Gasteiger partial charge in [-0.3, -0.25) is 4.79 Å². The summed E-state index contributed by atoms with van der Waals surface area (Å²) in [5.74, 6) is 0.408. The molecular formula is C22H24FN3O4. The van der Waals surface area contributed by atoms with E-state index in [0.717, 1.165) is 24.8 Å². The molecule has 158 valence electrons. The number of aryl methyl sites for hydroxylation is 2. The fourth-order valence-corrected chi connectivity index (χ4v) is 2.98. The van der Waals surface area contributed by atoms with E-state index in [-0.39, 0.29) is 11.3 Å². The molecule has 30 heavy (non-hydrogen) atoms. The van der Waals surface area contributed by atoms with Gasteiger partial charge >= 0.3 is 0 Å². The lowest BCUT2D eigenvalue weighted by molar-refractivity contribution is 0.0948. The second kappa shape index (κ2) is 9.87. The summed E-state index contributed by atoms with van der Waals surface area (Å²) in [7, 11) is 1.47. The number of aromatic nitrogens is 2. The minimum absolute atomic E-state index is 0.0437. The maximum Gasteiger partial charge on any atom is 0.254 e. The molecule has 0 aliphatic heterocycles. The summed E-state index contributed by atoms with van der Waals surface area (Å²) in [4.78, 5) is 16.4. The number of amides is 1. The molecule has 1 aromatic heterocycles. The molecule has 0 radical (unpaired) electrons. The number of phenols is 1. The molecule has 3 rings (SSSR count). The van der Waals surface area contributed by atoms with Crippen LogP contribution in [0.3, 0.4) is 0 Å². The van der Waals surface area contributed by atoms with Crippen LogP contribution in [0.5, 0.6) is 11.5 Å². The molecule has 2 aromatic carbocycles. The zero-order chi connectivity index (χ0) is 21.5. The summed E-state index contributed by atoms with van der Waals surface area (Å²) in [6.45, 7) is 2.28. The minimum atomic E-state index is -0.517. The van der Waals surface area contributed by atoms with E-state index in [1.807, 2.05) is 6.92 Å². The number of methoxy groups -OCH3 is 1. The highest BCUT2D eigenvalue weighted by Gasteiger charge is 2.12. The van der Waals surface area contributed by atoms with Crippen molar-refractivity contribution >= 4 is 5.91 Å². The number of benzene rings is 2. The lowest BCUT2D eigenvalue weighted by atomic mass is 10.1. The number of phenolic OH excluding ortho intramolecular Hbond substituents is 1. The van der Waals surface area contributed by atoms with Crippen LogP contribution in [0.1, 0.15) is 41.1 Å². The van der Waals surface area contributed by atoms with E-state index in [0.29, 0.717) is 36.0 Å². The SMILES string of the molecule is COc1cc(-c2noc(CCCCCNC(=O)c3cc(C)ccc3F)n2)ccc1O. The number of hydrogen-bond acceptors (Lipinski definition) is 6. The van der Waals surface area contributed by atoms with Crippen LogP contribution in [-0.4, -0.2) is 34.8 Å². The van der Waals surface area contributed by atoms with Crippen LogP contribution in [0.25, 0.3) is 11.4 Å². The lowest BCUT2D eigenvalue weighted by Crippen LogP contribution is -2.25. The van der Waals surface area contributed by atoms with Crippen LogP contribution in [0.15, 0.2) is 40.9 Å². The average molecular weight is 413 g/mol. The number of nitrogens with zero attached hydrogens (tertiary/aromatic N) is 2. The van der Waals surface area contributed by atoms with Crippen molar-refractivity contribution in [2.45, 2.75) is 32.6 Å². The second-order valence-electron chi connectivity index (χ2n) is 6.95. The molecule has 0 aliphatic carbocycles. The van der Waals surface area contributed by atoms with Crippen molar-refractivity contribution in [3.05, 3.63) is 59.2 Å². The van der Waals surface area contributed by atoms with E-state index < -0.39 is 11.7 Å². The Morgan fingerprint density at radius 2 is 2.03 bits per heavy atom. The first kappa shape index (κ1) is 21.3. The third-order valence-corrected chi connectivity index (χ3v) is 4.63. The summed E-state index contributed by atoms with van der Waals surface area (Å²) < 4.78 is 24.1. The Balaban J connectivity index is 1.41. The van der Waals surface area contributed by atoms with Gasteiger partial charge in [-0.05, 0) is 50.1 Å². The van der Waals surface area contributed by atoms with Crippen LogP contribution < -0.4 is 10.1 Å². The normalized spacial score (nSPS) is 10.8. The van der Waals surface area contributed by atoms with Crippen molar-refractivity contribution in [3.8, 4) is 22.9 Å². The molecule has 8 heteroatoms. The molecule has 0 atom stereocenters. The molecular weight excluding hydrogens is 389 g/mol. The Morgan fingerprint density at radius 1 is 1.20 bits per heavy atom. The smallest absolute Gasteiger partial charge is 0.254 e. The Labute approximate surface area is 173 Å². The monoisotopic (exact) mass is 413 g/mol. The summed E-state index contributed by atoms with van der Waals surface area (Å²) >= 11 is 0. The highest BCUT2D eigenvalue weighted by Crippen LogP contribution is 2.30. The summed E-state index contributed by atoms with van der Waals surface area (Å²) in [5, 5.41) is 16.4. The molecule has 0 spiro atoms. The summed E-state index contributed by atoms with van der Waals surface area (Å²) in [6, 6.07) is 9.32. The van der Waals surface area contributed by atoms with Gasteiger partial charge in [0.05, 0.1) is 12.7 Å². The number of nitrogens with one attached hydrogen (secondary N) is 1. The van der Waals surface area contributed by atoms with Gasteiger partial charge in [-0.15, -0.1) is 0 Å². The quantitative estimate of drug-likeness (QED) is 0.514. The van der Waals surface area contributed by atoms with Crippen molar-refractivity contribution in [1.29, 1.82) is 0 Å². The van der Waals surface area contributed by atoms with Gasteiger partial charge in [0.15, 0.2) is 11.5 Å². The predicted octanol–water partition coefficient (Wildman–Crippen LogP) is 4.04. The Kier molecular flexibility index (Phi) is 7.00. The number of hydrogen-bond donors (Lipinski definition) is 2. The zero-order valence-corrected chi connectivity index (χ0v) is 16.9.